The van der Waals surface area contributed by atoms with Crippen LogP contribution in [0.2, 0.25) is 0 Å². The summed E-state index contributed by atoms with van der Waals surface area (Å²) in [4.78, 5) is 16.2. The molecule has 1 aliphatic rings. The normalized spacial score (nSPS) is 12.9. The number of aryl methyl sites for hydroxylation is 1. The molecule has 1 N–H and O–H groups in total. The predicted molar refractivity (Wildman–Crippen MR) is 115 cm³/mol. The second-order valence-electron chi connectivity index (χ2n) is 7.55. The molecule has 4 aromatic rings. The van der Waals surface area contributed by atoms with E-state index in [0.717, 1.165) is 57.0 Å². The van der Waals surface area contributed by atoms with Gasteiger partial charge in [-0.2, -0.15) is 0 Å². The summed E-state index contributed by atoms with van der Waals surface area (Å²) in [7, 11) is 0. The Morgan fingerprint density at radius 2 is 2.03 bits per heavy atom. The van der Waals surface area contributed by atoms with E-state index in [-0.39, 0.29) is 0 Å². The smallest absolute Gasteiger partial charge is 0.335 e. The first kappa shape index (κ1) is 17.7. The number of benzene rings is 3. The fourth-order valence-corrected chi connectivity index (χ4v) is 4.59. The molecule has 0 fully saturated rings. The lowest BCUT2D eigenvalue weighted by atomic mass is 9.86. The minimum absolute atomic E-state index is 0.301. The zero-order valence-electron chi connectivity index (χ0n) is 16.5. The molecule has 0 radical (unpaired) electrons. The third kappa shape index (κ3) is 2.67. The van der Waals surface area contributed by atoms with Crippen molar-refractivity contribution in [2.75, 3.05) is 6.61 Å². The SMILES string of the molecule is CCc1c(C)cc2cc(C(=O)O)ccc2c1-c1ccc2c3c(ccnc13)CCO2. The lowest BCUT2D eigenvalue weighted by Gasteiger charge is -2.21. The van der Waals surface area contributed by atoms with Gasteiger partial charge < -0.3 is 9.84 Å². The van der Waals surface area contributed by atoms with Gasteiger partial charge in [-0.3, -0.25) is 4.98 Å². The van der Waals surface area contributed by atoms with Crippen LogP contribution < -0.4 is 4.74 Å². The lowest BCUT2D eigenvalue weighted by Crippen LogP contribution is -2.09. The van der Waals surface area contributed by atoms with E-state index in [0.29, 0.717) is 12.2 Å². The van der Waals surface area contributed by atoms with Gasteiger partial charge in [0.05, 0.1) is 17.7 Å². The highest BCUT2D eigenvalue weighted by molar-refractivity contribution is 6.09. The zero-order chi connectivity index (χ0) is 20.1. The van der Waals surface area contributed by atoms with Crippen molar-refractivity contribution in [2.45, 2.75) is 26.7 Å². The summed E-state index contributed by atoms with van der Waals surface area (Å²) in [5.41, 5.74) is 7.15. The van der Waals surface area contributed by atoms with E-state index in [1.165, 1.54) is 11.1 Å². The van der Waals surface area contributed by atoms with Gasteiger partial charge in [0.1, 0.15) is 5.75 Å². The molecule has 3 aromatic carbocycles. The predicted octanol–water partition coefficient (Wildman–Crippen LogP) is 5.56. The summed E-state index contributed by atoms with van der Waals surface area (Å²) in [6.07, 6.45) is 3.65. The molecule has 0 aliphatic carbocycles. The van der Waals surface area contributed by atoms with Crippen LogP contribution in [0.5, 0.6) is 5.75 Å². The summed E-state index contributed by atoms with van der Waals surface area (Å²) in [5, 5.41) is 12.5. The Labute approximate surface area is 168 Å². The molecule has 144 valence electrons. The maximum Gasteiger partial charge on any atom is 0.335 e. The van der Waals surface area contributed by atoms with E-state index in [4.69, 9.17) is 9.72 Å². The van der Waals surface area contributed by atoms with Crippen molar-refractivity contribution >= 4 is 27.6 Å². The molecule has 1 aliphatic heterocycles. The lowest BCUT2D eigenvalue weighted by molar-refractivity contribution is 0.0697. The van der Waals surface area contributed by atoms with Gasteiger partial charge in [-0.25, -0.2) is 4.79 Å². The third-order valence-corrected chi connectivity index (χ3v) is 5.91. The van der Waals surface area contributed by atoms with Crippen LogP contribution in [0.1, 0.15) is 34.0 Å². The van der Waals surface area contributed by atoms with E-state index in [9.17, 15) is 9.90 Å². The van der Waals surface area contributed by atoms with Gasteiger partial charge in [0.25, 0.3) is 0 Å². The van der Waals surface area contributed by atoms with Gasteiger partial charge in [0.2, 0.25) is 0 Å². The van der Waals surface area contributed by atoms with Gasteiger partial charge in [-0.05, 0) is 76.7 Å². The topological polar surface area (TPSA) is 59.4 Å². The van der Waals surface area contributed by atoms with Gasteiger partial charge in [-0.1, -0.05) is 19.1 Å². The van der Waals surface area contributed by atoms with E-state index in [1.54, 1.807) is 12.1 Å². The molecular weight excluding hydrogens is 362 g/mol. The van der Waals surface area contributed by atoms with E-state index in [1.807, 2.05) is 18.3 Å². The minimum atomic E-state index is -0.911. The van der Waals surface area contributed by atoms with E-state index >= 15 is 0 Å². The number of aromatic nitrogens is 1. The molecule has 5 rings (SSSR count). The summed E-state index contributed by atoms with van der Waals surface area (Å²) in [6.45, 7) is 4.94. The molecule has 0 saturated heterocycles. The fraction of sp³-hybridized carbons (Fsp3) is 0.200. The molecule has 1 aromatic heterocycles. The molecule has 0 atom stereocenters. The highest BCUT2D eigenvalue weighted by Gasteiger charge is 2.21. The standard InChI is InChI=1S/C25H21NO3/c1-3-18-14(2)12-17-13-16(25(27)28)4-5-19(17)23(18)20-6-7-21-22-15(9-11-29-21)8-10-26-24(20)22/h4-8,10,12-13H,3,9,11H2,1-2H3,(H,27,28). The number of fused-ring (bicyclic) bond motifs is 1. The molecule has 4 heteroatoms. The van der Waals surface area contributed by atoms with E-state index < -0.39 is 5.97 Å². The molecule has 0 unspecified atom stereocenters. The molecule has 2 heterocycles. The average molecular weight is 383 g/mol. The first-order valence-electron chi connectivity index (χ1n) is 9.91. The van der Waals surface area contributed by atoms with Crippen molar-refractivity contribution in [3.8, 4) is 16.9 Å². The number of carboxylic acid groups (broad SMARTS) is 1. The number of nitrogens with zero attached hydrogens (tertiary/aromatic N) is 1. The van der Waals surface area contributed by atoms with Crippen LogP contribution >= 0.6 is 0 Å². The van der Waals surface area contributed by atoms with Crippen molar-refractivity contribution in [3.05, 3.63) is 70.9 Å². The van der Waals surface area contributed by atoms with Crippen LogP contribution in [0.3, 0.4) is 0 Å². The number of aromatic carboxylic acids is 1. The Hall–Kier alpha value is -3.40. The Morgan fingerprint density at radius 3 is 2.83 bits per heavy atom. The first-order chi connectivity index (χ1) is 14.1. The Balaban J connectivity index is 1.90. The molecule has 0 spiro atoms. The highest BCUT2D eigenvalue weighted by atomic mass is 16.5. The maximum absolute atomic E-state index is 11.5. The van der Waals surface area contributed by atoms with Gasteiger partial charge in [-0.15, -0.1) is 0 Å². The average Bonchev–Trinajstić information content (AvgIpc) is 2.73. The van der Waals surface area contributed by atoms with Crippen molar-refractivity contribution in [2.24, 2.45) is 0 Å². The number of hydrogen-bond acceptors (Lipinski definition) is 3. The summed E-state index contributed by atoms with van der Waals surface area (Å²) in [6, 6.07) is 13.7. The number of hydrogen-bond donors (Lipinski definition) is 1. The van der Waals surface area contributed by atoms with Crippen LogP contribution in [0.15, 0.2) is 48.7 Å². The molecule has 0 bridgehead atoms. The summed E-state index contributed by atoms with van der Waals surface area (Å²) >= 11 is 0. The van der Waals surface area contributed by atoms with Crippen LogP contribution in [0.4, 0.5) is 0 Å². The second-order valence-corrected chi connectivity index (χ2v) is 7.55. The van der Waals surface area contributed by atoms with Crippen molar-refractivity contribution in [1.82, 2.24) is 4.98 Å². The molecule has 0 amide bonds. The van der Waals surface area contributed by atoms with Crippen molar-refractivity contribution < 1.29 is 14.6 Å². The number of rotatable bonds is 3. The first-order valence-corrected chi connectivity index (χ1v) is 9.91. The zero-order valence-corrected chi connectivity index (χ0v) is 16.5. The summed E-state index contributed by atoms with van der Waals surface area (Å²) < 4.78 is 5.89. The number of carboxylic acids is 1. The Bertz CT molecular complexity index is 1300. The molecule has 29 heavy (non-hydrogen) atoms. The van der Waals surface area contributed by atoms with Crippen LogP contribution in [0.25, 0.3) is 32.8 Å². The summed E-state index contributed by atoms with van der Waals surface area (Å²) in [5.74, 6) is -0.0210. The van der Waals surface area contributed by atoms with Gasteiger partial charge in [0, 0.05) is 23.6 Å². The minimum Gasteiger partial charge on any atom is -0.493 e. The quantitative estimate of drug-likeness (QED) is 0.503. The second kappa shape index (κ2) is 6.59. The van der Waals surface area contributed by atoms with Crippen molar-refractivity contribution in [1.29, 1.82) is 0 Å². The van der Waals surface area contributed by atoms with Crippen LogP contribution in [-0.2, 0) is 12.8 Å². The third-order valence-electron chi connectivity index (χ3n) is 5.91. The number of pyridine rings is 1. The van der Waals surface area contributed by atoms with Crippen LogP contribution in [-0.4, -0.2) is 22.7 Å². The Kier molecular flexibility index (Phi) is 4.02. The maximum atomic E-state index is 11.5. The monoisotopic (exact) mass is 383 g/mol. The number of carbonyl (C=O) groups is 1. The Morgan fingerprint density at radius 1 is 1.17 bits per heavy atom. The highest BCUT2D eigenvalue weighted by Crippen LogP contribution is 2.42. The van der Waals surface area contributed by atoms with E-state index in [2.05, 4.69) is 32.0 Å². The number of ether oxygens (including phenoxy) is 1. The fourth-order valence-electron chi connectivity index (χ4n) is 4.59. The molecule has 0 saturated carbocycles. The molecule has 4 nitrogen and oxygen atoms in total. The van der Waals surface area contributed by atoms with Gasteiger partial charge in [0.15, 0.2) is 0 Å². The van der Waals surface area contributed by atoms with Gasteiger partial charge >= 0.3 is 5.97 Å². The van der Waals surface area contributed by atoms with Crippen LogP contribution in [0, 0.1) is 6.92 Å². The van der Waals surface area contributed by atoms with Crippen molar-refractivity contribution in [3.63, 3.8) is 0 Å². The largest absolute Gasteiger partial charge is 0.493 e. The molecular formula is C25H21NO3.